The summed E-state index contributed by atoms with van der Waals surface area (Å²) in [6.07, 6.45) is 10.8. The second-order valence-corrected chi connectivity index (χ2v) is 4.88. The molecule has 1 saturated carbocycles. The molecule has 0 aliphatic heterocycles. The van der Waals surface area contributed by atoms with Gasteiger partial charge in [-0.3, -0.25) is 0 Å². The number of hydrogen-bond acceptors (Lipinski definition) is 0. The van der Waals surface area contributed by atoms with E-state index in [9.17, 15) is 0 Å². The lowest BCUT2D eigenvalue weighted by atomic mass is 9.76. The quantitative estimate of drug-likeness (QED) is 0.511. The van der Waals surface area contributed by atoms with Gasteiger partial charge in [0.15, 0.2) is 0 Å². The second-order valence-electron chi connectivity index (χ2n) is 4.88. The van der Waals surface area contributed by atoms with Crippen LogP contribution in [0.4, 0.5) is 0 Å². The number of hydrogen-bond donors (Lipinski definition) is 0. The van der Waals surface area contributed by atoms with Gasteiger partial charge in [-0.2, -0.15) is 0 Å². The highest BCUT2D eigenvalue weighted by Crippen LogP contribution is 2.49. The Morgan fingerprint density at radius 2 is 2.25 bits per heavy atom. The van der Waals surface area contributed by atoms with Crippen LogP contribution in [0, 0.1) is 23.3 Å². The Labute approximate surface area is 75.4 Å². The van der Waals surface area contributed by atoms with Crippen LogP contribution < -0.4 is 0 Å². The summed E-state index contributed by atoms with van der Waals surface area (Å²) < 4.78 is 0. The molecule has 1 fully saturated rings. The van der Waals surface area contributed by atoms with Crippen molar-refractivity contribution in [3.05, 3.63) is 23.8 Å². The summed E-state index contributed by atoms with van der Waals surface area (Å²) in [7, 11) is 0. The fraction of sp³-hybridized carbons (Fsp3) is 0.667. The molecule has 0 bridgehead atoms. The molecule has 2 aliphatic carbocycles. The summed E-state index contributed by atoms with van der Waals surface area (Å²) in [6.45, 7) is 6.91. The lowest BCUT2D eigenvalue weighted by Crippen LogP contribution is -2.20. The van der Waals surface area contributed by atoms with Crippen LogP contribution in [0.15, 0.2) is 17.7 Å². The molecule has 0 spiro atoms. The van der Waals surface area contributed by atoms with Gasteiger partial charge in [0.1, 0.15) is 0 Å². The van der Waals surface area contributed by atoms with Crippen LogP contribution in [0.5, 0.6) is 0 Å². The molecule has 2 unspecified atom stereocenters. The molecular weight excluding hydrogens is 144 g/mol. The van der Waals surface area contributed by atoms with Gasteiger partial charge in [0.2, 0.25) is 0 Å². The molecular formula is C12H17. The van der Waals surface area contributed by atoms with Crippen LogP contribution >= 0.6 is 0 Å². The van der Waals surface area contributed by atoms with Crippen LogP contribution in [-0.4, -0.2) is 0 Å². The zero-order chi connectivity index (χ0) is 8.77. The Balaban J connectivity index is 2.26. The van der Waals surface area contributed by atoms with Gasteiger partial charge >= 0.3 is 0 Å². The fourth-order valence-electron chi connectivity index (χ4n) is 2.59. The molecule has 12 heavy (non-hydrogen) atoms. The van der Waals surface area contributed by atoms with Gasteiger partial charge in [-0.05, 0) is 48.7 Å². The SMILES string of the molecule is CC1=CC2CCC(C)(C)C2C=[C]1. The van der Waals surface area contributed by atoms with Gasteiger partial charge in [0.05, 0.1) is 0 Å². The zero-order valence-electron chi connectivity index (χ0n) is 8.22. The predicted octanol–water partition coefficient (Wildman–Crippen LogP) is 3.36. The molecule has 0 nitrogen and oxygen atoms in total. The number of allylic oxidation sites excluding steroid dienone is 4. The van der Waals surface area contributed by atoms with Crippen molar-refractivity contribution >= 4 is 0 Å². The maximum absolute atomic E-state index is 3.35. The first-order chi connectivity index (χ1) is 5.59. The van der Waals surface area contributed by atoms with Crippen LogP contribution in [0.2, 0.25) is 0 Å². The molecule has 2 rings (SSSR count). The Hall–Kier alpha value is -0.520. The standard InChI is InChI=1S/C12H17/c1-9-4-5-11-10(8-9)6-7-12(11,2)3/h5,8,10-11H,6-7H2,1-3H3. The first-order valence-corrected chi connectivity index (χ1v) is 4.88. The molecule has 0 N–H and O–H groups in total. The molecule has 0 aromatic heterocycles. The molecule has 0 aromatic carbocycles. The second kappa shape index (κ2) is 2.48. The van der Waals surface area contributed by atoms with Crippen molar-refractivity contribution in [2.24, 2.45) is 17.3 Å². The Kier molecular flexibility index (Phi) is 1.67. The average Bonchev–Trinajstić information content (AvgIpc) is 2.27. The highest BCUT2D eigenvalue weighted by Gasteiger charge is 2.40. The Morgan fingerprint density at radius 1 is 1.50 bits per heavy atom. The van der Waals surface area contributed by atoms with Gasteiger partial charge in [0.25, 0.3) is 0 Å². The molecule has 0 heterocycles. The van der Waals surface area contributed by atoms with Crippen molar-refractivity contribution in [1.29, 1.82) is 0 Å². The van der Waals surface area contributed by atoms with Gasteiger partial charge in [-0.15, -0.1) is 0 Å². The van der Waals surface area contributed by atoms with E-state index in [1.54, 1.807) is 0 Å². The van der Waals surface area contributed by atoms with Crippen molar-refractivity contribution in [3.8, 4) is 0 Å². The molecule has 1 radical (unpaired) electrons. The maximum atomic E-state index is 3.35. The topological polar surface area (TPSA) is 0 Å². The van der Waals surface area contributed by atoms with Gasteiger partial charge in [-0.25, -0.2) is 0 Å². The summed E-state index contributed by atoms with van der Waals surface area (Å²) >= 11 is 0. The van der Waals surface area contributed by atoms with Crippen molar-refractivity contribution in [3.63, 3.8) is 0 Å². The molecule has 0 heteroatoms. The summed E-state index contributed by atoms with van der Waals surface area (Å²) in [5.74, 6) is 1.56. The predicted molar refractivity (Wildman–Crippen MR) is 51.6 cm³/mol. The monoisotopic (exact) mass is 161 g/mol. The van der Waals surface area contributed by atoms with Crippen molar-refractivity contribution in [2.75, 3.05) is 0 Å². The van der Waals surface area contributed by atoms with Crippen LogP contribution in [0.3, 0.4) is 0 Å². The molecule has 65 valence electrons. The summed E-state index contributed by atoms with van der Waals surface area (Å²) in [5.41, 5.74) is 1.84. The van der Waals surface area contributed by atoms with E-state index in [-0.39, 0.29) is 0 Å². The third kappa shape index (κ3) is 1.14. The van der Waals surface area contributed by atoms with E-state index < -0.39 is 0 Å². The largest absolute Gasteiger partial charge is 0.0773 e. The number of rotatable bonds is 0. The highest BCUT2D eigenvalue weighted by atomic mass is 14.4. The first kappa shape index (κ1) is 8.10. The molecule has 2 atom stereocenters. The van der Waals surface area contributed by atoms with Crippen LogP contribution in [0.25, 0.3) is 0 Å². The smallest absolute Gasteiger partial charge is 0.0110 e. The minimum atomic E-state index is 0.509. The van der Waals surface area contributed by atoms with Crippen molar-refractivity contribution in [1.82, 2.24) is 0 Å². The summed E-state index contributed by atoms with van der Waals surface area (Å²) in [5, 5.41) is 0. The molecule has 0 amide bonds. The van der Waals surface area contributed by atoms with Crippen LogP contribution in [-0.2, 0) is 0 Å². The Morgan fingerprint density at radius 3 is 3.00 bits per heavy atom. The third-order valence-corrected chi connectivity index (χ3v) is 3.44. The minimum Gasteiger partial charge on any atom is -0.0773 e. The van der Waals surface area contributed by atoms with E-state index in [4.69, 9.17) is 0 Å². The minimum absolute atomic E-state index is 0.509. The van der Waals surface area contributed by atoms with E-state index in [0.29, 0.717) is 5.41 Å². The van der Waals surface area contributed by atoms with Crippen molar-refractivity contribution < 1.29 is 0 Å². The summed E-state index contributed by atoms with van der Waals surface area (Å²) in [6, 6.07) is 0. The van der Waals surface area contributed by atoms with Gasteiger partial charge < -0.3 is 0 Å². The lowest BCUT2D eigenvalue weighted by Gasteiger charge is -2.28. The summed E-state index contributed by atoms with van der Waals surface area (Å²) in [4.78, 5) is 0. The van der Waals surface area contributed by atoms with Gasteiger partial charge in [0, 0.05) is 0 Å². The average molecular weight is 161 g/mol. The van der Waals surface area contributed by atoms with E-state index >= 15 is 0 Å². The van der Waals surface area contributed by atoms with Crippen molar-refractivity contribution in [2.45, 2.75) is 33.6 Å². The zero-order valence-corrected chi connectivity index (χ0v) is 8.22. The van der Waals surface area contributed by atoms with E-state index in [2.05, 4.69) is 39.0 Å². The van der Waals surface area contributed by atoms with E-state index in [1.807, 2.05) is 0 Å². The third-order valence-electron chi connectivity index (χ3n) is 3.44. The number of fused-ring (bicyclic) bond motifs is 1. The Bertz CT molecular complexity index is 243. The van der Waals surface area contributed by atoms with Crippen LogP contribution in [0.1, 0.15) is 33.6 Å². The molecule has 0 saturated heterocycles. The molecule has 2 aliphatic rings. The van der Waals surface area contributed by atoms with Gasteiger partial charge in [-0.1, -0.05) is 26.0 Å². The highest BCUT2D eigenvalue weighted by molar-refractivity contribution is 5.22. The normalized spacial score (nSPS) is 37.8. The van der Waals surface area contributed by atoms with E-state index in [0.717, 1.165) is 11.8 Å². The first-order valence-electron chi connectivity index (χ1n) is 4.88. The molecule has 0 aromatic rings. The maximum Gasteiger partial charge on any atom is -0.0110 e. The fourth-order valence-corrected chi connectivity index (χ4v) is 2.59. The van der Waals surface area contributed by atoms with E-state index in [1.165, 1.54) is 18.4 Å². The lowest BCUT2D eigenvalue weighted by molar-refractivity contribution is 0.287.